The van der Waals surface area contributed by atoms with Crippen LogP contribution in [0.1, 0.15) is 47.6 Å². The van der Waals surface area contributed by atoms with Crippen LogP contribution in [0.2, 0.25) is 0 Å². The van der Waals surface area contributed by atoms with Crippen molar-refractivity contribution in [1.29, 1.82) is 0 Å². The van der Waals surface area contributed by atoms with Gasteiger partial charge in [0, 0.05) is 7.05 Å². The Labute approximate surface area is 175 Å². The van der Waals surface area contributed by atoms with Crippen LogP contribution in [-0.2, 0) is 28.0 Å². The summed E-state index contributed by atoms with van der Waals surface area (Å²) < 4.78 is 0. The lowest BCUT2D eigenvalue weighted by atomic mass is 9.87. The normalized spacial score (nSPS) is 24.6. The molecule has 1 saturated heterocycles. The predicted molar refractivity (Wildman–Crippen MR) is 112 cm³/mol. The van der Waals surface area contributed by atoms with Crippen LogP contribution in [0.25, 0.3) is 0 Å². The summed E-state index contributed by atoms with van der Waals surface area (Å²) in [5.41, 5.74) is 3.34. The van der Waals surface area contributed by atoms with Gasteiger partial charge >= 0.3 is 6.03 Å². The summed E-state index contributed by atoms with van der Waals surface area (Å²) in [7, 11) is 1.77. The number of carbonyl (C=O) groups is 3. The van der Waals surface area contributed by atoms with Crippen LogP contribution in [0.3, 0.4) is 0 Å². The quantitative estimate of drug-likeness (QED) is 0.801. The van der Waals surface area contributed by atoms with E-state index in [0.717, 1.165) is 47.3 Å². The van der Waals surface area contributed by atoms with E-state index in [0.29, 0.717) is 6.42 Å². The minimum atomic E-state index is -1.02. The largest absolute Gasteiger partial charge is 0.337 e. The summed E-state index contributed by atoms with van der Waals surface area (Å²) in [5.74, 6) is -0.535. The van der Waals surface area contributed by atoms with Gasteiger partial charge in [0.05, 0.1) is 6.04 Å². The molecule has 1 N–H and O–H groups in total. The van der Waals surface area contributed by atoms with Gasteiger partial charge in [-0.15, -0.1) is 0 Å². The Balaban J connectivity index is 1.36. The number of carbonyl (C=O) groups excluding carboxylic acids is 3. The van der Waals surface area contributed by atoms with Gasteiger partial charge in [0.2, 0.25) is 5.91 Å². The molecule has 1 aliphatic heterocycles. The fourth-order valence-electron chi connectivity index (χ4n) is 5.28. The Morgan fingerprint density at radius 1 is 1.10 bits per heavy atom. The van der Waals surface area contributed by atoms with Crippen molar-refractivity contribution in [3.8, 4) is 0 Å². The smallest absolute Gasteiger partial charge is 0.325 e. The third kappa shape index (κ3) is 2.74. The number of nitrogens with zero attached hydrogens (tertiary/aromatic N) is 2. The van der Waals surface area contributed by atoms with Gasteiger partial charge in [-0.05, 0) is 54.4 Å². The van der Waals surface area contributed by atoms with E-state index in [2.05, 4.69) is 17.4 Å². The fraction of sp³-hybridized carbons (Fsp3) is 0.375. The van der Waals surface area contributed by atoms with E-state index >= 15 is 0 Å². The molecule has 3 aliphatic rings. The monoisotopic (exact) mass is 403 g/mol. The zero-order valence-corrected chi connectivity index (χ0v) is 17.1. The lowest BCUT2D eigenvalue weighted by Gasteiger charge is -2.34. The molecule has 2 atom stereocenters. The zero-order chi connectivity index (χ0) is 20.9. The summed E-state index contributed by atoms with van der Waals surface area (Å²) in [6.45, 7) is -0.232. The minimum Gasteiger partial charge on any atom is -0.337 e. The number of imide groups is 1. The van der Waals surface area contributed by atoms with Crippen molar-refractivity contribution in [2.75, 3.05) is 13.6 Å². The van der Waals surface area contributed by atoms with E-state index < -0.39 is 11.6 Å². The lowest BCUT2D eigenvalue weighted by Crippen LogP contribution is -2.45. The molecule has 5 rings (SSSR count). The van der Waals surface area contributed by atoms with Crippen molar-refractivity contribution >= 4 is 17.8 Å². The van der Waals surface area contributed by atoms with Crippen molar-refractivity contribution in [1.82, 2.24) is 15.1 Å². The number of aryl methyl sites for hydroxylation is 2. The first kappa shape index (κ1) is 18.9. The van der Waals surface area contributed by atoms with Gasteiger partial charge in [0.1, 0.15) is 12.1 Å². The Bertz CT molecular complexity index is 1050. The van der Waals surface area contributed by atoms with E-state index in [9.17, 15) is 14.4 Å². The lowest BCUT2D eigenvalue weighted by molar-refractivity contribution is -0.139. The standard InChI is InChI=1S/C24H25N3O3/c1-26(20-12-6-9-16-7-2-4-10-18(16)20)21(28)15-27-22(29)24(25-23(27)30)14-13-17-8-3-5-11-19(17)24/h2-5,7-8,10-11,20H,6,9,12-15H2,1H3,(H,25,30)/t20-,24+/m1/s1. The maximum atomic E-state index is 13.3. The molecule has 6 nitrogen and oxygen atoms in total. The number of urea groups is 1. The third-order valence-corrected chi connectivity index (χ3v) is 6.91. The van der Waals surface area contributed by atoms with Crippen LogP contribution in [0.4, 0.5) is 4.79 Å². The molecule has 0 saturated carbocycles. The van der Waals surface area contributed by atoms with E-state index in [-0.39, 0.29) is 24.4 Å². The van der Waals surface area contributed by atoms with Gasteiger partial charge in [-0.2, -0.15) is 0 Å². The Morgan fingerprint density at radius 2 is 1.83 bits per heavy atom. The maximum absolute atomic E-state index is 13.3. The number of nitrogens with one attached hydrogen (secondary N) is 1. The van der Waals surface area contributed by atoms with Gasteiger partial charge in [-0.1, -0.05) is 48.5 Å². The fourth-order valence-corrected chi connectivity index (χ4v) is 5.28. The molecule has 0 aromatic heterocycles. The van der Waals surface area contributed by atoms with Crippen LogP contribution in [0.5, 0.6) is 0 Å². The summed E-state index contributed by atoms with van der Waals surface area (Å²) in [6.07, 6.45) is 4.19. The zero-order valence-electron chi connectivity index (χ0n) is 17.1. The van der Waals surface area contributed by atoms with Gasteiger partial charge in [0.25, 0.3) is 5.91 Å². The second kappa shape index (κ2) is 6.97. The molecular formula is C24H25N3O3. The molecule has 1 spiro atoms. The summed E-state index contributed by atoms with van der Waals surface area (Å²) in [4.78, 5) is 41.9. The Kier molecular flexibility index (Phi) is 4.38. The number of rotatable bonds is 3. The Morgan fingerprint density at radius 3 is 2.67 bits per heavy atom. The van der Waals surface area contributed by atoms with Crippen LogP contribution < -0.4 is 5.32 Å². The van der Waals surface area contributed by atoms with Gasteiger partial charge in [-0.3, -0.25) is 14.5 Å². The van der Waals surface area contributed by atoms with Crippen LogP contribution in [0.15, 0.2) is 48.5 Å². The van der Waals surface area contributed by atoms with Crippen molar-refractivity contribution in [2.24, 2.45) is 0 Å². The molecule has 2 aromatic carbocycles. The second-order valence-electron chi connectivity index (χ2n) is 8.50. The molecule has 30 heavy (non-hydrogen) atoms. The molecule has 0 unspecified atom stereocenters. The highest BCUT2D eigenvalue weighted by molar-refractivity contribution is 6.09. The molecule has 0 bridgehead atoms. The van der Waals surface area contributed by atoms with E-state index in [4.69, 9.17) is 0 Å². The second-order valence-corrected chi connectivity index (χ2v) is 8.50. The number of benzene rings is 2. The average molecular weight is 403 g/mol. The molecule has 0 radical (unpaired) electrons. The number of amides is 4. The first-order valence-electron chi connectivity index (χ1n) is 10.6. The number of likely N-dealkylation sites (N-methyl/N-ethyl adjacent to an activating group) is 1. The topological polar surface area (TPSA) is 69.7 Å². The van der Waals surface area contributed by atoms with Gasteiger partial charge in [0.15, 0.2) is 0 Å². The highest BCUT2D eigenvalue weighted by Crippen LogP contribution is 2.41. The Hall–Kier alpha value is -3.15. The number of hydrogen-bond acceptors (Lipinski definition) is 3. The molecule has 4 amide bonds. The molecule has 154 valence electrons. The molecule has 6 heteroatoms. The first-order chi connectivity index (χ1) is 14.5. The summed E-state index contributed by atoms with van der Waals surface area (Å²) in [5, 5.41) is 2.89. The SMILES string of the molecule is CN(C(=O)CN1C(=O)N[C@]2(CCc3ccccc32)C1=O)[C@@H]1CCCc2ccccc21. The van der Waals surface area contributed by atoms with Crippen LogP contribution in [0, 0.1) is 0 Å². The average Bonchev–Trinajstić information content (AvgIpc) is 3.26. The van der Waals surface area contributed by atoms with Gasteiger partial charge < -0.3 is 10.2 Å². The molecular weight excluding hydrogens is 378 g/mol. The summed E-state index contributed by atoms with van der Waals surface area (Å²) >= 11 is 0. The molecule has 2 aromatic rings. The first-order valence-corrected chi connectivity index (χ1v) is 10.6. The predicted octanol–water partition coefficient (Wildman–Crippen LogP) is 2.92. The van der Waals surface area contributed by atoms with Crippen molar-refractivity contribution < 1.29 is 14.4 Å². The van der Waals surface area contributed by atoms with Crippen molar-refractivity contribution in [3.05, 3.63) is 70.8 Å². The maximum Gasteiger partial charge on any atom is 0.325 e. The van der Waals surface area contributed by atoms with Crippen molar-refractivity contribution in [3.63, 3.8) is 0 Å². The summed E-state index contributed by atoms with van der Waals surface area (Å²) in [6, 6.07) is 15.4. The molecule has 1 fully saturated rings. The molecule has 2 aliphatic carbocycles. The third-order valence-electron chi connectivity index (χ3n) is 6.91. The van der Waals surface area contributed by atoms with Crippen molar-refractivity contribution in [2.45, 2.75) is 43.7 Å². The minimum absolute atomic E-state index is 0.0237. The van der Waals surface area contributed by atoms with Gasteiger partial charge in [-0.25, -0.2) is 4.79 Å². The van der Waals surface area contributed by atoms with E-state index in [1.165, 1.54) is 5.56 Å². The number of hydrogen-bond donors (Lipinski definition) is 1. The van der Waals surface area contributed by atoms with E-state index in [1.54, 1.807) is 11.9 Å². The number of fused-ring (bicyclic) bond motifs is 3. The van der Waals surface area contributed by atoms with Crippen LogP contribution in [-0.4, -0.2) is 41.2 Å². The highest BCUT2D eigenvalue weighted by Gasteiger charge is 2.55. The highest BCUT2D eigenvalue weighted by atomic mass is 16.2. The van der Waals surface area contributed by atoms with E-state index in [1.807, 2.05) is 36.4 Å². The molecule has 1 heterocycles. The van der Waals surface area contributed by atoms with Crippen LogP contribution >= 0.6 is 0 Å².